The zero-order valence-corrected chi connectivity index (χ0v) is 13.1. The van der Waals surface area contributed by atoms with Gasteiger partial charge in [-0.05, 0) is 35.9 Å². The molecule has 0 aliphatic heterocycles. The lowest BCUT2D eigenvalue weighted by Crippen LogP contribution is -2.09. The molecule has 1 N–H and O–H groups in total. The Balaban J connectivity index is 2.16. The average Bonchev–Trinajstić information content (AvgIpc) is 2.49. The first kappa shape index (κ1) is 17.0. The molecule has 0 amide bonds. The number of methoxy groups -OCH3 is 1. The molecule has 0 aliphatic carbocycles. The predicted octanol–water partition coefficient (Wildman–Crippen LogP) is 3.54. The molecule has 0 unspecified atom stereocenters. The summed E-state index contributed by atoms with van der Waals surface area (Å²) in [7, 11) is 1.50. The number of aromatic carboxylic acids is 1. The molecule has 0 spiro atoms. The summed E-state index contributed by atoms with van der Waals surface area (Å²) in [6.45, 7) is 0. The largest absolute Gasteiger partial charge is 0.496 e. The number of hydrogen-bond donors (Lipinski definition) is 1. The van der Waals surface area contributed by atoms with E-state index in [4.69, 9.17) is 21.4 Å². The van der Waals surface area contributed by atoms with Crippen LogP contribution in [0, 0.1) is 5.82 Å². The Morgan fingerprint density at radius 1 is 1.17 bits per heavy atom. The Labute approximate surface area is 137 Å². The van der Waals surface area contributed by atoms with E-state index in [0.717, 1.165) is 6.07 Å². The van der Waals surface area contributed by atoms with Crippen LogP contribution < -0.4 is 4.74 Å². The van der Waals surface area contributed by atoms with Crippen LogP contribution in [0.25, 0.3) is 0 Å². The molecule has 0 aliphatic rings. The third-order valence-electron chi connectivity index (χ3n) is 3.29. The topological polar surface area (TPSA) is 63.6 Å². The van der Waals surface area contributed by atoms with Gasteiger partial charge in [-0.2, -0.15) is 0 Å². The van der Waals surface area contributed by atoms with Crippen LogP contribution in [-0.4, -0.2) is 24.0 Å². The maximum absolute atomic E-state index is 13.4. The molecule has 0 saturated carbocycles. The molecule has 2 aromatic carbocycles. The highest BCUT2D eigenvalue weighted by molar-refractivity contribution is 6.30. The van der Waals surface area contributed by atoms with E-state index in [-0.39, 0.29) is 18.6 Å². The van der Waals surface area contributed by atoms with Crippen molar-refractivity contribution in [3.05, 3.63) is 63.9 Å². The summed E-state index contributed by atoms with van der Waals surface area (Å²) in [6.07, 6.45) is 0.0831. The van der Waals surface area contributed by atoms with Gasteiger partial charge in [-0.15, -0.1) is 0 Å². The molecule has 2 aromatic rings. The number of carboxylic acid groups (broad SMARTS) is 1. The number of hydrogen-bond acceptors (Lipinski definition) is 3. The van der Waals surface area contributed by atoms with Gasteiger partial charge >= 0.3 is 5.97 Å². The summed E-state index contributed by atoms with van der Waals surface area (Å²) in [5.41, 5.74) is 0.635. The van der Waals surface area contributed by atoms with Gasteiger partial charge in [0.2, 0.25) is 0 Å². The number of carbonyl (C=O) groups is 2. The summed E-state index contributed by atoms with van der Waals surface area (Å²) < 4.78 is 18.5. The zero-order valence-electron chi connectivity index (χ0n) is 12.3. The monoisotopic (exact) mass is 336 g/mol. The molecule has 2 rings (SSSR count). The van der Waals surface area contributed by atoms with Gasteiger partial charge in [0.1, 0.15) is 17.3 Å². The van der Waals surface area contributed by atoms with Gasteiger partial charge in [-0.1, -0.05) is 17.7 Å². The van der Waals surface area contributed by atoms with E-state index < -0.39 is 17.3 Å². The lowest BCUT2D eigenvalue weighted by molar-refractivity contribution is -0.117. The van der Waals surface area contributed by atoms with Crippen LogP contribution in [0.15, 0.2) is 36.4 Å². The second-order valence-corrected chi connectivity index (χ2v) is 5.40. The van der Waals surface area contributed by atoms with Crippen molar-refractivity contribution >= 4 is 23.4 Å². The van der Waals surface area contributed by atoms with Gasteiger partial charge in [0.25, 0.3) is 0 Å². The number of halogens is 2. The molecule has 0 fully saturated rings. The molecule has 0 saturated heterocycles. The van der Waals surface area contributed by atoms with Crippen LogP contribution in [0.4, 0.5) is 4.39 Å². The summed E-state index contributed by atoms with van der Waals surface area (Å²) in [6, 6.07) is 8.59. The van der Waals surface area contributed by atoms with Crippen molar-refractivity contribution in [1.29, 1.82) is 0 Å². The molecule has 0 bridgehead atoms. The summed E-state index contributed by atoms with van der Waals surface area (Å²) in [4.78, 5) is 23.1. The van der Waals surface area contributed by atoms with Crippen molar-refractivity contribution in [2.45, 2.75) is 12.8 Å². The molecule has 23 heavy (non-hydrogen) atoms. The van der Waals surface area contributed by atoms with Gasteiger partial charge in [0.15, 0.2) is 0 Å². The average molecular weight is 337 g/mol. The maximum Gasteiger partial charge on any atom is 0.338 e. The summed E-state index contributed by atoms with van der Waals surface area (Å²) >= 11 is 5.92. The van der Waals surface area contributed by atoms with E-state index in [1.54, 1.807) is 18.2 Å². The Hall–Kier alpha value is -2.40. The summed E-state index contributed by atoms with van der Waals surface area (Å²) in [5.74, 6) is -1.81. The fraction of sp³-hybridized carbons (Fsp3) is 0.176. The number of carboxylic acids is 1. The van der Waals surface area contributed by atoms with Gasteiger partial charge in [-0.25, -0.2) is 9.18 Å². The molecule has 120 valence electrons. The van der Waals surface area contributed by atoms with Crippen molar-refractivity contribution in [2.75, 3.05) is 7.11 Å². The highest BCUT2D eigenvalue weighted by Gasteiger charge is 2.14. The van der Waals surface area contributed by atoms with Gasteiger partial charge in [0.05, 0.1) is 12.7 Å². The third-order valence-corrected chi connectivity index (χ3v) is 3.53. The second kappa shape index (κ2) is 7.24. The number of rotatable bonds is 6. The van der Waals surface area contributed by atoms with Crippen molar-refractivity contribution in [3.63, 3.8) is 0 Å². The smallest absolute Gasteiger partial charge is 0.338 e. The van der Waals surface area contributed by atoms with Crippen molar-refractivity contribution in [2.24, 2.45) is 0 Å². The third kappa shape index (κ3) is 4.29. The fourth-order valence-electron chi connectivity index (χ4n) is 2.23. The maximum atomic E-state index is 13.4. The predicted molar refractivity (Wildman–Crippen MR) is 83.8 cm³/mol. The van der Waals surface area contributed by atoms with E-state index >= 15 is 0 Å². The van der Waals surface area contributed by atoms with E-state index in [1.807, 2.05) is 0 Å². The van der Waals surface area contributed by atoms with Crippen LogP contribution in [0.5, 0.6) is 5.75 Å². The number of carbonyl (C=O) groups excluding carboxylic acids is 1. The minimum atomic E-state index is -1.37. The summed E-state index contributed by atoms with van der Waals surface area (Å²) in [5, 5.41) is 9.39. The van der Waals surface area contributed by atoms with Gasteiger partial charge < -0.3 is 9.84 Å². The van der Waals surface area contributed by atoms with Crippen LogP contribution >= 0.6 is 11.6 Å². The van der Waals surface area contributed by atoms with Crippen LogP contribution in [0.3, 0.4) is 0 Å². The lowest BCUT2D eigenvalue weighted by Gasteiger charge is -2.09. The van der Waals surface area contributed by atoms with Crippen LogP contribution in [-0.2, 0) is 17.6 Å². The standard InChI is InChI=1S/C17H14ClFO4/c1-23-16-5-3-12(18)8-11(16)9-13(20)6-10-2-4-15(19)14(7-10)17(21)22/h2-5,7-8H,6,9H2,1H3,(H,21,22). The Morgan fingerprint density at radius 2 is 1.91 bits per heavy atom. The van der Waals surface area contributed by atoms with E-state index in [9.17, 15) is 14.0 Å². The Morgan fingerprint density at radius 3 is 2.57 bits per heavy atom. The number of Topliss-reactive ketones (excluding diaryl/α,β-unsaturated/α-hetero) is 1. The number of ketones is 1. The van der Waals surface area contributed by atoms with E-state index in [2.05, 4.69) is 0 Å². The quantitative estimate of drug-likeness (QED) is 0.876. The molecule has 0 atom stereocenters. The van der Waals surface area contributed by atoms with Crippen LogP contribution in [0.2, 0.25) is 5.02 Å². The van der Waals surface area contributed by atoms with Gasteiger partial charge in [-0.3, -0.25) is 4.79 Å². The second-order valence-electron chi connectivity index (χ2n) is 4.97. The first-order chi connectivity index (χ1) is 10.9. The highest BCUT2D eigenvalue weighted by atomic mass is 35.5. The lowest BCUT2D eigenvalue weighted by atomic mass is 10.0. The molecule has 4 nitrogen and oxygen atoms in total. The van der Waals surface area contributed by atoms with E-state index in [0.29, 0.717) is 21.9 Å². The SMILES string of the molecule is COc1ccc(Cl)cc1CC(=O)Cc1ccc(F)c(C(=O)O)c1. The molecule has 0 heterocycles. The number of ether oxygens (including phenoxy) is 1. The van der Waals surface area contributed by atoms with Crippen molar-refractivity contribution in [1.82, 2.24) is 0 Å². The molecule has 6 heteroatoms. The minimum absolute atomic E-state index is 0.00374. The van der Waals surface area contributed by atoms with Gasteiger partial charge in [0, 0.05) is 23.4 Å². The molecular formula is C17H14ClFO4. The van der Waals surface area contributed by atoms with E-state index in [1.165, 1.54) is 19.2 Å². The van der Waals surface area contributed by atoms with Crippen LogP contribution in [0.1, 0.15) is 21.5 Å². The van der Waals surface area contributed by atoms with Crippen molar-refractivity contribution < 1.29 is 23.8 Å². The molecule has 0 aromatic heterocycles. The molecule has 0 radical (unpaired) electrons. The zero-order chi connectivity index (χ0) is 17.0. The first-order valence-electron chi connectivity index (χ1n) is 6.76. The Kier molecular flexibility index (Phi) is 5.34. The fourth-order valence-corrected chi connectivity index (χ4v) is 2.43. The highest BCUT2D eigenvalue weighted by Crippen LogP contribution is 2.23. The normalized spacial score (nSPS) is 10.4. The minimum Gasteiger partial charge on any atom is -0.496 e. The molecular weight excluding hydrogens is 323 g/mol. The van der Waals surface area contributed by atoms with Crippen molar-refractivity contribution in [3.8, 4) is 5.75 Å². The first-order valence-corrected chi connectivity index (χ1v) is 7.14. The number of benzene rings is 2. The Bertz CT molecular complexity index is 758.